The first-order valence-electron chi connectivity index (χ1n) is 7.33. The Labute approximate surface area is 143 Å². The molecule has 0 unspecified atom stereocenters. The Morgan fingerprint density at radius 3 is 3.00 bits per heavy atom. The van der Waals surface area contributed by atoms with Crippen molar-refractivity contribution in [3.63, 3.8) is 0 Å². The second kappa shape index (κ2) is 7.31. The van der Waals surface area contributed by atoms with E-state index in [9.17, 15) is 4.79 Å². The molecule has 0 saturated heterocycles. The van der Waals surface area contributed by atoms with Gasteiger partial charge in [-0.05, 0) is 6.07 Å². The van der Waals surface area contributed by atoms with Crippen LogP contribution in [-0.4, -0.2) is 38.5 Å². The third-order valence-corrected chi connectivity index (χ3v) is 4.51. The number of nitrogens with zero attached hydrogens (tertiary/aromatic N) is 4. The third kappa shape index (κ3) is 3.48. The van der Waals surface area contributed by atoms with Gasteiger partial charge in [0.15, 0.2) is 5.65 Å². The predicted octanol–water partition coefficient (Wildman–Crippen LogP) is 1.78. The number of aromatic nitrogens is 4. The highest BCUT2D eigenvalue weighted by molar-refractivity contribution is 8.00. The summed E-state index contributed by atoms with van der Waals surface area (Å²) in [7, 11) is 3.44. The monoisotopic (exact) mass is 343 g/mol. The van der Waals surface area contributed by atoms with Gasteiger partial charge < -0.3 is 10.1 Å². The van der Waals surface area contributed by atoms with Gasteiger partial charge in [-0.25, -0.2) is 9.97 Å². The van der Waals surface area contributed by atoms with Crippen molar-refractivity contribution in [2.75, 3.05) is 12.9 Å². The maximum atomic E-state index is 12.1. The lowest BCUT2D eigenvalue weighted by molar-refractivity contribution is -0.118. The molecule has 0 spiro atoms. The number of carbonyl (C=O) groups excluding carboxylic acids is 1. The van der Waals surface area contributed by atoms with E-state index in [4.69, 9.17) is 4.74 Å². The van der Waals surface area contributed by atoms with E-state index in [-0.39, 0.29) is 11.7 Å². The number of methoxy groups -OCH3 is 1. The molecule has 0 atom stereocenters. The minimum Gasteiger partial charge on any atom is -0.496 e. The van der Waals surface area contributed by atoms with Crippen molar-refractivity contribution in [3.8, 4) is 5.75 Å². The normalized spacial score (nSPS) is 10.8. The Bertz CT molecular complexity index is 865. The number of amides is 1. The van der Waals surface area contributed by atoms with Crippen LogP contribution in [0.25, 0.3) is 11.0 Å². The topological polar surface area (TPSA) is 81.9 Å². The molecular formula is C16H17N5O2S. The molecule has 2 heterocycles. The highest BCUT2D eigenvalue weighted by atomic mass is 32.2. The molecule has 0 bridgehead atoms. The van der Waals surface area contributed by atoms with Crippen LogP contribution in [-0.2, 0) is 18.4 Å². The molecule has 0 aliphatic carbocycles. The van der Waals surface area contributed by atoms with Gasteiger partial charge >= 0.3 is 0 Å². The van der Waals surface area contributed by atoms with E-state index >= 15 is 0 Å². The zero-order valence-electron chi connectivity index (χ0n) is 13.4. The minimum absolute atomic E-state index is 0.0680. The van der Waals surface area contributed by atoms with Crippen LogP contribution in [0.5, 0.6) is 5.75 Å². The number of aryl methyl sites for hydroxylation is 1. The standard InChI is InChI=1S/C16H17N5O2S/c1-21-15-12(8-20-21)16(19-10-18-15)24-9-14(22)17-7-11-5-3-4-6-13(11)23-2/h3-6,8,10H,7,9H2,1-2H3,(H,17,22). The van der Waals surface area contributed by atoms with Crippen LogP contribution in [0, 0.1) is 0 Å². The second-order valence-corrected chi connectivity index (χ2v) is 6.03. The molecule has 1 aromatic carbocycles. The number of hydrogen-bond donors (Lipinski definition) is 1. The number of para-hydroxylation sites is 1. The Kier molecular flexibility index (Phi) is 4.95. The van der Waals surface area contributed by atoms with Crippen molar-refractivity contribution >= 4 is 28.7 Å². The predicted molar refractivity (Wildman–Crippen MR) is 91.9 cm³/mol. The van der Waals surface area contributed by atoms with E-state index in [0.717, 1.165) is 27.4 Å². The molecule has 2 aromatic heterocycles. The molecule has 124 valence electrons. The van der Waals surface area contributed by atoms with Gasteiger partial charge in [-0.15, -0.1) is 0 Å². The Morgan fingerprint density at radius 1 is 1.33 bits per heavy atom. The molecule has 0 aliphatic heterocycles. The molecule has 1 N–H and O–H groups in total. The number of benzene rings is 1. The van der Waals surface area contributed by atoms with Gasteiger partial charge in [0.25, 0.3) is 0 Å². The molecule has 0 fully saturated rings. The number of fused-ring (bicyclic) bond motifs is 1. The van der Waals surface area contributed by atoms with Crippen LogP contribution < -0.4 is 10.1 Å². The van der Waals surface area contributed by atoms with E-state index in [1.807, 2.05) is 31.3 Å². The summed E-state index contributed by atoms with van der Waals surface area (Å²) in [5, 5.41) is 8.66. The van der Waals surface area contributed by atoms with Crippen LogP contribution >= 0.6 is 11.8 Å². The molecule has 3 aromatic rings. The van der Waals surface area contributed by atoms with E-state index in [1.165, 1.54) is 18.1 Å². The summed E-state index contributed by atoms with van der Waals surface area (Å²) in [5.41, 5.74) is 1.69. The molecule has 0 radical (unpaired) electrons. The maximum Gasteiger partial charge on any atom is 0.230 e. The number of rotatable bonds is 6. The SMILES string of the molecule is COc1ccccc1CNC(=O)CSc1ncnc2c1cnn2C. The second-order valence-electron chi connectivity index (χ2n) is 5.06. The van der Waals surface area contributed by atoms with Crippen molar-refractivity contribution in [1.29, 1.82) is 0 Å². The fourth-order valence-corrected chi connectivity index (χ4v) is 3.07. The number of ether oxygens (including phenoxy) is 1. The van der Waals surface area contributed by atoms with Crippen LogP contribution in [0.3, 0.4) is 0 Å². The molecule has 24 heavy (non-hydrogen) atoms. The zero-order valence-corrected chi connectivity index (χ0v) is 14.2. The van der Waals surface area contributed by atoms with Gasteiger partial charge in [-0.2, -0.15) is 5.10 Å². The Balaban J connectivity index is 1.59. The lowest BCUT2D eigenvalue weighted by atomic mass is 10.2. The summed E-state index contributed by atoms with van der Waals surface area (Å²) >= 11 is 1.37. The van der Waals surface area contributed by atoms with E-state index < -0.39 is 0 Å². The Hall–Kier alpha value is -2.61. The first-order valence-corrected chi connectivity index (χ1v) is 8.31. The largest absolute Gasteiger partial charge is 0.496 e. The van der Waals surface area contributed by atoms with Crippen molar-refractivity contribution in [2.45, 2.75) is 11.6 Å². The lowest BCUT2D eigenvalue weighted by Gasteiger charge is -2.09. The molecule has 8 heteroatoms. The lowest BCUT2D eigenvalue weighted by Crippen LogP contribution is -2.24. The maximum absolute atomic E-state index is 12.1. The average molecular weight is 343 g/mol. The van der Waals surface area contributed by atoms with E-state index in [0.29, 0.717) is 6.54 Å². The molecular weight excluding hydrogens is 326 g/mol. The summed E-state index contributed by atoms with van der Waals surface area (Å²) in [6.45, 7) is 0.426. The van der Waals surface area contributed by atoms with Crippen LogP contribution in [0.4, 0.5) is 0 Å². The summed E-state index contributed by atoms with van der Waals surface area (Å²) in [5.74, 6) is 0.968. The summed E-state index contributed by atoms with van der Waals surface area (Å²) in [6.07, 6.45) is 3.20. The smallest absolute Gasteiger partial charge is 0.230 e. The molecule has 0 saturated carbocycles. The number of thioether (sulfide) groups is 1. The molecule has 7 nitrogen and oxygen atoms in total. The number of nitrogens with one attached hydrogen (secondary N) is 1. The quantitative estimate of drug-likeness (QED) is 0.543. The third-order valence-electron chi connectivity index (χ3n) is 3.50. The van der Waals surface area contributed by atoms with Crippen LogP contribution in [0.1, 0.15) is 5.56 Å². The van der Waals surface area contributed by atoms with Crippen LogP contribution in [0.15, 0.2) is 41.8 Å². The number of hydrogen-bond acceptors (Lipinski definition) is 6. The fraction of sp³-hybridized carbons (Fsp3) is 0.250. The zero-order chi connectivity index (χ0) is 16.9. The minimum atomic E-state index is -0.0680. The van der Waals surface area contributed by atoms with Crippen molar-refractivity contribution < 1.29 is 9.53 Å². The van der Waals surface area contributed by atoms with Gasteiger partial charge in [0.05, 0.1) is 24.4 Å². The van der Waals surface area contributed by atoms with Crippen molar-refractivity contribution in [2.24, 2.45) is 7.05 Å². The van der Waals surface area contributed by atoms with Crippen LogP contribution in [0.2, 0.25) is 0 Å². The molecule has 0 aliphatic rings. The van der Waals surface area contributed by atoms with E-state index in [2.05, 4.69) is 20.4 Å². The highest BCUT2D eigenvalue weighted by Gasteiger charge is 2.11. The van der Waals surface area contributed by atoms with Gasteiger partial charge in [0, 0.05) is 19.2 Å². The first-order chi connectivity index (χ1) is 11.7. The Morgan fingerprint density at radius 2 is 2.17 bits per heavy atom. The van der Waals surface area contributed by atoms with Gasteiger partial charge in [0.2, 0.25) is 5.91 Å². The van der Waals surface area contributed by atoms with Crippen molar-refractivity contribution in [3.05, 3.63) is 42.4 Å². The summed E-state index contributed by atoms with van der Waals surface area (Å²) in [4.78, 5) is 20.5. The fourth-order valence-electron chi connectivity index (χ4n) is 2.28. The first kappa shape index (κ1) is 16.3. The van der Waals surface area contributed by atoms with Crippen molar-refractivity contribution in [1.82, 2.24) is 25.1 Å². The van der Waals surface area contributed by atoms with E-state index in [1.54, 1.807) is 18.0 Å². The molecule has 1 amide bonds. The van der Waals surface area contributed by atoms with Gasteiger partial charge in [-0.1, -0.05) is 30.0 Å². The highest BCUT2D eigenvalue weighted by Crippen LogP contribution is 2.23. The van der Waals surface area contributed by atoms with Gasteiger partial charge in [-0.3, -0.25) is 9.48 Å². The summed E-state index contributed by atoms with van der Waals surface area (Å²) < 4.78 is 6.96. The van der Waals surface area contributed by atoms with Gasteiger partial charge in [0.1, 0.15) is 17.1 Å². The summed E-state index contributed by atoms with van der Waals surface area (Å²) in [6, 6.07) is 7.61. The number of carbonyl (C=O) groups is 1. The average Bonchev–Trinajstić information content (AvgIpc) is 3.00. The molecule has 3 rings (SSSR count).